The maximum Gasteiger partial charge on any atom is 0.248 e. The smallest absolute Gasteiger partial charge is 0.248 e. The molecule has 136 valence electrons. The van der Waals surface area contributed by atoms with Crippen LogP contribution in [0.5, 0.6) is 0 Å². The Kier molecular flexibility index (Phi) is 4.20. The second-order valence-electron chi connectivity index (χ2n) is 6.64. The summed E-state index contributed by atoms with van der Waals surface area (Å²) in [7, 11) is 0. The van der Waals surface area contributed by atoms with Crippen molar-refractivity contribution >= 4 is 29.3 Å². The Morgan fingerprint density at radius 3 is 2.92 bits per heavy atom. The maximum atomic E-state index is 12.7. The second-order valence-corrected chi connectivity index (χ2v) is 8.14. The summed E-state index contributed by atoms with van der Waals surface area (Å²) in [5, 5.41) is 9.80. The molecular weight excluding hydrogens is 352 g/mol. The third-order valence-corrected chi connectivity index (χ3v) is 6.39. The number of nitrogens with two attached hydrogens (primary N) is 1. The van der Waals surface area contributed by atoms with Crippen LogP contribution < -0.4 is 11.1 Å². The van der Waals surface area contributed by atoms with E-state index in [1.807, 2.05) is 19.1 Å². The van der Waals surface area contributed by atoms with E-state index in [2.05, 4.69) is 20.5 Å². The van der Waals surface area contributed by atoms with Crippen molar-refractivity contribution in [2.45, 2.75) is 37.2 Å². The van der Waals surface area contributed by atoms with Crippen LogP contribution in [0.3, 0.4) is 0 Å². The Balaban J connectivity index is 1.46. The van der Waals surface area contributed by atoms with Gasteiger partial charge in [-0.2, -0.15) is 5.10 Å². The Bertz CT molecular complexity index is 851. The van der Waals surface area contributed by atoms with E-state index in [0.29, 0.717) is 36.1 Å². The minimum Gasteiger partial charge on any atom is -0.324 e. The van der Waals surface area contributed by atoms with Crippen molar-refractivity contribution in [3.8, 4) is 11.4 Å². The lowest BCUT2D eigenvalue weighted by molar-refractivity contribution is -0.135. The van der Waals surface area contributed by atoms with Crippen LogP contribution in [0.2, 0.25) is 0 Å². The van der Waals surface area contributed by atoms with Gasteiger partial charge >= 0.3 is 0 Å². The number of H-pyrrole nitrogens is 1. The van der Waals surface area contributed by atoms with Crippen LogP contribution in [-0.4, -0.2) is 48.6 Å². The summed E-state index contributed by atoms with van der Waals surface area (Å²) in [4.78, 5) is 30.6. The zero-order valence-corrected chi connectivity index (χ0v) is 15.2. The lowest BCUT2D eigenvalue weighted by Crippen LogP contribution is -2.48. The van der Waals surface area contributed by atoms with E-state index in [-0.39, 0.29) is 16.7 Å². The van der Waals surface area contributed by atoms with Crippen molar-refractivity contribution in [1.82, 2.24) is 20.1 Å². The number of nitrogens with one attached hydrogen (secondary N) is 2. The fourth-order valence-corrected chi connectivity index (χ4v) is 4.89. The Morgan fingerprint density at radius 1 is 1.46 bits per heavy atom. The van der Waals surface area contributed by atoms with Gasteiger partial charge in [0.25, 0.3) is 0 Å². The average molecular weight is 372 g/mol. The summed E-state index contributed by atoms with van der Waals surface area (Å²) in [6.07, 6.45) is 1.32. The number of rotatable bonds is 4. The van der Waals surface area contributed by atoms with Gasteiger partial charge in [0.1, 0.15) is 11.9 Å². The molecule has 0 aliphatic carbocycles. The first kappa shape index (κ1) is 17.0. The number of fused-ring (bicyclic) bond motifs is 1. The molecular formula is C17H20N6O2S. The molecule has 2 amide bonds. The number of benzene rings is 1. The molecule has 2 fully saturated rings. The van der Waals surface area contributed by atoms with Gasteiger partial charge in [-0.15, -0.1) is 11.8 Å². The number of thioether (sulfide) groups is 1. The number of carbonyl (C=O) groups is 2. The molecule has 0 spiro atoms. The van der Waals surface area contributed by atoms with E-state index in [1.165, 1.54) is 0 Å². The molecule has 2 aliphatic rings. The van der Waals surface area contributed by atoms with Gasteiger partial charge in [-0.1, -0.05) is 0 Å². The van der Waals surface area contributed by atoms with Gasteiger partial charge < -0.3 is 16.0 Å². The molecule has 9 heteroatoms. The predicted octanol–water partition coefficient (Wildman–Crippen LogP) is 1.32. The van der Waals surface area contributed by atoms with E-state index >= 15 is 0 Å². The quantitative estimate of drug-likeness (QED) is 0.745. The zero-order valence-electron chi connectivity index (χ0n) is 14.4. The molecule has 2 atom stereocenters. The zero-order chi connectivity index (χ0) is 18.3. The van der Waals surface area contributed by atoms with Gasteiger partial charge in [-0.3, -0.25) is 14.7 Å². The molecule has 2 aromatic rings. The molecule has 26 heavy (non-hydrogen) atoms. The minimum atomic E-state index is -0.417. The van der Waals surface area contributed by atoms with E-state index in [4.69, 9.17) is 5.73 Å². The van der Waals surface area contributed by atoms with Crippen molar-refractivity contribution in [1.29, 1.82) is 0 Å². The van der Waals surface area contributed by atoms with Crippen LogP contribution in [0.15, 0.2) is 24.3 Å². The van der Waals surface area contributed by atoms with Gasteiger partial charge in [-0.25, -0.2) is 4.98 Å². The SMILES string of the molecule is CC12CCC(=O)N1C(C(=O)Nc1ccc(-c3n[nH]c(CN)n3)cc1)CS2. The summed E-state index contributed by atoms with van der Waals surface area (Å²) >= 11 is 1.68. The normalized spacial score (nSPS) is 24.8. The fourth-order valence-electron chi connectivity index (χ4n) is 3.46. The number of anilines is 1. The highest BCUT2D eigenvalue weighted by molar-refractivity contribution is 8.01. The fraction of sp³-hybridized carbons (Fsp3) is 0.412. The van der Waals surface area contributed by atoms with Crippen LogP contribution in [0.4, 0.5) is 5.69 Å². The topological polar surface area (TPSA) is 117 Å². The average Bonchev–Trinajstić information content (AvgIpc) is 3.31. The van der Waals surface area contributed by atoms with Gasteiger partial charge in [0, 0.05) is 23.4 Å². The summed E-state index contributed by atoms with van der Waals surface area (Å²) in [6, 6.07) is 6.87. The van der Waals surface area contributed by atoms with Crippen molar-refractivity contribution < 1.29 is 9.59 Å². The highest BCUT2D eigenvalue weighted by Crippen LogP contribution is 2.47. The molecule has 1 aromatic carbocycles. The Labute approximate surface area is 154 Å². The van der Waals surface area contributed by atoms with Gasteiger partial charge in [-0.05, 0) is 37.6 Å². The van der Waals surface area contributed by atoms with Gasteiger partial charge in [0.05, 0.1) is 11.4 Å². The van der Waals surface area contributed by atoms with E-state index in [1.54, 1.807) is 28.8 Å². The minimum absolute atomic E-state index is 0.0633. The lowest BCUT2D eigenvalue weighted by atomic mass is 10.1. The first-order valence-corrected chi connectivity index (χ1v) is 9.47. The third-order valence-electron chi connectivity index (χ3n) is 4.88. The first-order chi connectivity index (χ1) is 12.5. The summed E-state index contributed by atoms with van der Waals surface area (Å²) in [6.45, 7) is 2.34. The van der Waals surface area contributed by atoms with Crippen molar-refractivity contribution in [2.24, 2.45) is 5.73 Å². The standard InChI is InChI=1S/C17H20N6O2S/c1-17-7-6-14(24)23(17)12(9-26-17)16(25)19-11-4-2-10(3-5-11)15-20-13(8-18)21-22-15/h2-5,12H,6-9,18H2,1H3,(H,19,25)(H,20,21,22). The number of hydrogen-bond acceptors (Lipinski definition) is 6. The van der Waals surface area contributed by atoms with Gasteiger partial charge in [0.15, 0.2) is 5.82 Å². The monoisotopic (exact) mass is 372 g/mol. The van der Waals surface area contributed by atoms with Crippen LogP contribution in [0.1, 0.15) is 25.6 Å². The summed E-state index contributed by atoms with van der Waals surface area (Å²) < 4.78 is 0. The molecule has 8 nitrogen and oxygen atoms in total. The number of nitrogens with zero attached hydrogens (tertiary/aromatic N) is 3. The Hall–Kier alpha value is -2.39. The van der Waals surface area contributed by atoms with Crippen molar-refractivity contribution in [2.75, 3.05) is 11.1 Å². The highest BCUT2D eigenvalue weighted by atomic mass is 32.2. The summed E-state index contributed by atoms with van der Waals surface area (Å²) in [5.41, 5.74) is 7.04. The van der Waals surface area contributed by atoms with Gasteiger partial charge in [0.2, 0.25) is 11.8 Å². The third kappa shape index (κ3) is 2.86. The predicted molar refractivity (Wildman–Crippen MR) is 99.1 cm³/mol. The molecule has 4 N–H and O–H groups in total. The van der Waals surface area contributed by atoms with Crippen LogP contribution in [0.25, 0.3) is 11.4 Å². The molecule has 0 bridgehead atoms. The molecule has 0 radical (unpaired) electrons. The number of aromatic amines is 1. The largest absolute Gasteiger partial charge is 0.324 e. The van der Waals surface area contributed by atoms with E-state index in [9.17, 15) is 9.59 Å². The van der Waals surface area contributed by atoms with E-state index < -0.39 is 6.04 Å². The van der Waals surface area contributed by atoms with E-state index in [0.717, 1.165) is 12.0 Å². The Morgan fingerprint density at radius 2 is 2.23 bits per heavy atom. The van der Waals surface area contributed by atoms with Crippen molar-refractivity contribution in [3.05, 3.63) is 30.1 Å². The molecule has 4 rings (SSSR count). The molecule has 2 saturated heterocycles. The number of hydrogen-bond donors (Lipinski definition) is 3. The maximum absolute atomic E-state index is 12.7. The number of aromatic nitrogens is 3. The summed E-state index contributed by atoms with van der Waals surface area (Å²) in [5.74, 6) is 1.73. The van der Waals surface area contributed by atoms with Crippen LogP contribution in [-0.2, 0) is 16.1 Å². The molecule has 3 heterocycles. The van der Waals surface area contributed by atoms with Crippen LogP contribution >= 0.6 is 11.8 Å². The van der Waals surface area contributed by atoms with Crippen molar-refractivity contribution in [3.63, 3.8) is 0 Å². The molecule has 1 aromatic heterocycles. The number of carbonyl (C=O) groups excluding carboxylic acids is 2. The first-order valence-electron chi connectivity index (χ1n) is 8.49. The van der Waals surface area contributed by atoms with Crippen LogP contribution in [0, 0.1) is 0 Å². The second kappa shape index (κ2) is 6.40. The molecule has 0 saturated carbocycles. The lowest BCUT2D eigenvalue weighted by Gasteiger charge is -2.29. The highest BCUT2D eigenvalue weighted by Gasteiger charge is 2.52. The molecule has 2 aliphatic heterocycles. The number of amides is 2. The molecule has 2 unspecified atom stereocenters.